The van der Waals surface area contributed by atoms with E-state index in [9.17, 15) is 0 Å². The minimum Gasteiger partial charge on any atom is -0.380 e. The maximum absolute atomic E-state index is 5.58. The molecule has 3 aromatic rings. The lowest BCUT2D eigenvalue weighted by molar-refractivity contribution is 0.118. The fraction of sp³-hybridized carbons (Fsp3) is 0.444. The zero-order chi connectivity index (χ0) is 17.9. The highest BCUT2D eigenvalue weighted by molar-refractivity contribution is 5.74. The van der Waals surface area contributed by atoms with Crippen molar-refractivity contribution >= 4 is 16.9 Å². The summed E-state index contributed by atoms with van der Waals surface area (Å²) in [5.41, 5.74) is 3.17. The molecule has 2 aromatic heterocycles. The Morgan fingerprint density at radius 2 is 2.23 bits per heavy atom. The molecule has 136 valence electrons. The molecule has 1 aromatic carbocycles. The molecule has 2 atom stereocenters. The van der Waals surface area contributed by atoms with Crippen molar-refractivity contribution in [2.24, 2.45) is 7.05 Å². The summed E-state index contributed by atoms with van der Waals surface area (Å²) in [5.74, 6) is 0.951. The number of rotatable bonds is 6. The first-order chi connectivity index (χ1) is 12.7. The number of aromatic nitrogens is 5. The Bertz CT molecular complexity index is 866. The third kappa shape index (κ3) is 3.38. The summed E-state index contributed by atoms with van der Waals surface area (Å²) in [6.07, 6.45) is 4.59. The molecule has 8 nitrogen and oxygen atoms in total. The number of methoxy groups -OCH3 is 1. The average molecular weight is 353 g/mol. The van der Waals surface area contributed by atoms with E-state index in [2.05, 4.69) is 48.7 Å². The van der Waals surface area contributed by atoms with Gasteiger partial charge in [-0.1, -0.05) is 11.3 Å². The van der Waals surface area contributed by atoms with Crippen LogP contribution in [0.4, 0.5) is 5.82 Å². The van der Waals surface area contributed by atoms with Gasteiger partial charge in [-0.3, -0.25) is 0 Å². The molecule has 0 amide bonds. The molecule has 0 saturated carbocycles. The van der Waals surface area contributed by atoms with Gasteiger partial charge in [0.15, 0.2) is 0 Å². The van der Waals surface area contributed by atoms with E-state index in [4.69, 9.17) is 4.74 Å². The zero-order valence-electron chi connectivity index (χ0n) is 15.0. The summed E-state index contributed by atoms with van der Waals surface area (Å²) in [5, 5.41) is 11.8. The molecule has 1 aliphatic heterocycles. The van der Waals surface area contributed by atoms with Gasteiger partial charge < -0.3 is 15.0 Å². The van der Waals surface area contributed by atoms with Crippen LogP contribution < -0.4 is 10.2 Å². The lowest BCUT2D eigenvalue weighted by atomic mass is 10.1. The quantitative estimate of drug-likeness (QED) is 0.712. The summed E-state index contributed by atoms with van der Waals surface area (Å²) in [6, 6.07) is 8.57. The Morgan fingerprint density at radius 3 is 3.04 bits per heavy atom. The summed E-state index contributed by atoms with van der Waals surface area (Å²) >= 11 is 0. The van der Waals surface area contributed by atoms with Crippen LogP contribution in [0.1, 0.15) is 12.0 Å². The van der Waals surface area contributed by atoms with Gasteiger partial charge in [0.2, 0.25) is 0 Å². The van der Waals surface area contributed by atoms with Crippen LogP contribution >= 0.6 is 0 Å². The van der Waals surface area contributed by atoms with Crippen molar-refractivity contribution in [3.05, 3.63) is 42.4 Å². The van der Waals surface area contributed by atoms with E-state index in [1.807, 2.05) is 13.1 Å². The van der Waals surface area contributed by atoms with Crippen molar-refractivity contribution in [3.63, 3.8) is 0 Å². The predicted octanol–water partition coefficient (Wildman–Crippen LogP) is 1.14. The Balaban J connectivity index is 1.40. The molecule has 0 radical (unpaired) electrons. The predicted molar refractivity (Wildman–Crippen MR) is 98.8 cm³/mol. The smallest absolute Gasteiger partial charge is 0.132 e. The number of anilines is 1. The van der Waals surface area contributed by atoms with Gasteiger partial charge in [-0.15, -0.1) is 5.10 Å². The van der Waals surface area contributed by atoms with Crippen molar-refractivity contribution in [2.45, 2.75) is 25.1 Å². The van der Waals surface area contributed by atoms with Gasteiger partial charge in [0.25, 0.3) is 0 Å². The van der Waals surface area contributed by atoms with Crippen LogP contribution in [-0.2, 0) is 18.3 Å². The molecule has 0 bridgehead atoms. The van der Waals surface area contributed by atoms with Crippen LogP contribution in [0.15, 0.2) is 36.8 Å². The minimum absolute atomic E-state index is 0.229. The third-order valence-corrected chi connectivity index (χ3v) is 4.95. The fourth-order valence-electron chi connectivity index (χ4n) is 3.55. The highest BCUT2D eigenvalue weighted by Crippen LogP contribution is 2.24. The molecule has 8 heteroatoms. The number of benzene rings is 1. The van der Waals surface area contributed by atoms with E-state index in [0.29, 0.717) is 6.04 Å². The van der Waals surface area contributed by atoms with Crippen molar-refractivity contribution in [3.8, 4) is 0 Å². The summed E-state index contributed by atoms with van der Waals surface area (Å²) in [7, 11) is 3.68. The average Bonchev–Trinajstić information content (AvgIpc) is 3.26. The Morgan fingerprint density at radius 1 is 1.31 bits per heavy atom. The van der Waals surface area contributed by atoms with Crippen molar-refractivity contribution < 1.29 is 4.74 Å². The van der Waals surface area contributed by atoms with E-state index in [1.54, 1.807) is 24.3 Å². The van der Waals surface area contributed by atoms with E-state index in [-0.39, 0.29) is 6.10 Å². The maximum Gasteiger partial charge on any atom is 0.132 e. The fourth-order valence-corrected chi connectivity index (χ4v) is 3.55. The number of ether oxygens (including phenoxy) is 1. The summed E-state index contributed by atoms with van der Waals surface area (Å²) in [4.78, 5) is 10.7. The monoisotopic (exact) mass is 353 g/mol. The normalized spacial score (nSPS) is 20.2. The molecule has 26 heavy (non-hydrogen) atoms. The van der Waals surface area contributed by atoms with Gasteiger partial charge >= 0.3 is 0 Å². The molecular formula is C18H23N7O. The lowest BCUT2D eigenvalue weighted by Gasteiger charge is -2.25. The van der Waals surface area contributed by atoms with Crippen LogP contribution in [0.5, 0.6) is 0 Å². The Kier molecular flexibility index (Phi) is 4.77. The first-order valence-electron chi connectivity index (χ1n) is 8.79. The van der Waals surface area contributed by atoms with E-state index in [0.717, 1.165) is 42.9 Å². The molecule has 1 aliphatic rings. The Hall–Kier alpha value is -2.58. The first kappa shape index (κ1) is 16.9. The molecule has 0 aliphatic carbocycles. The molecule has 4 rings (SSSR count). The van der Waals surface area contributed by atoms with Gasteiger partial charge in [0, 0.05) is 46.0 Å². The molecule has 1 fully saturated rings. The second-order valence-electron chi connectivity index (χ2n) is 6.63. The number of nitrogens with zero attached hydrogens (tertiary/aromatic N) is 6. The minimum atomic E-state index is 0.229. The van der Waals surface area contributed by atoms with Crippen molar-refractivity contribution in [2.75, 3.05) is 25.1 Å². The van der Waals surface area contributed by atoms with E-state index in [1.165, 1.54) is 5.56 Å². The van der Waals surface area contributed by atoms with Crippen LogP contribution in [0, 0.1) is 0 Å². The molecular weight excluding hydrogens is 330 g/mol. The number of nitrogens with one attached hydrogen (secondary N) is 1. The zero-order valence-corrected chi connectivity index (χ0v) is 15.0. The van der Waals surface area contributed by atoms with Crippen molar-refractivity contribution in [1.82, 2.24) is 30.3 Å². The number of aryl methyl sites for hydroxylation is 1. The van der Waals surface area contributed by atoms with Gasteiger partial charge in [0.05, 0.1) is 11.6 Å². The molecule has 3 heterocycles. The van der Waals surface area contributed by atoms with Crippen LogP contribution in [0.2, 0.25) is 0 Å². The molecule has 1 saturated heterocycles. The molecule has 1 N–H and O–H groups in total. The Labute approximate surface area is 152 Å². The van der Waals surface area contributed by atoms with Crippen LogP contribution in [-0.4, -0.2) is 57.3 Å². The topological polar surface area (TPSA) is 81.0 Å². The number of hydrogen-bond donors (Lipinski definition) is 1. The van der Waals surface area contributed by atoms with Gasteiger partial charge in [-0.2, -0.15) is 0 Å². The van der Waals surface area contributed by atoms with Crippen LogP contribution in [0.25, 0.3) is 11.0 Å². The largest absolute Gasteiger partial charge is 0.380 e. The number of fused-ring (bicyclic) bond motifs is 1. The highest BCUT2D eigenvalue weighted by atomic mass is 16.5. The summed E-state index contributed by atoms with van der Waals surface area (Å²) in [6.45, 7) is 2.51. The number of hydrogen-bond acceptors (Lipinski definition) is 7. The first-order valence-corrected chi connectivity index (χ1v) is 8.79. The van der Waals surface area contributed by atoms with Crippen LogP contribution in [0.3, 0.4) is 0 Å². The molecule has 0 unspecified atom stereocenters. The highest BCUT2D eigenvalue weighted by Gasteiger charge is 2.32. The lowest BCUT2D eigenvalue weighted by Crippen LogP contribution is -2.38. The van der Waals surface area contributed by atoms with E-state index >= 15 is 0 Å². The van der Waals surface area contributed by atoms with Gasteiger partial charge in [-0.25, -0.2) is 14.6 Å². The standard InChI is InChI=1S/C18H23N7O/c1-24-17-4-3-13(7-16(17)22-23-24)9-20-10-14-8-15(26-2)11-25(14)18-5-6-19-12-21-18/h3-7,12,14-15,20H,8-11H2,1-2H3/t14-,15-/m1/s1. The van der Waals surface area contributed by atoms with Crippen molar-refractivity contribution in [1.29, 1.82) is 0 Å². The second kappa shape index (κ2) is 7.35. The van der Waals surface area contributed by atoms with E-state index < -0.39 is 0 Å². The van der Waals surface area contributed by atoms with Gasteiger partial charge in [0.1, 0.15) is 17.7 Å². The SMILES string of the molecule is CO[C@@H]1C[C@H](CNCc2ccc3c(c2)nnn3C)N(c2ccncn2)C1. The maximum atomic E-state index is 5.58. The second-order valence-corrected chi connectivity index (χ2v) is 6.63. The third-order valence-electron chi connectivity index (χ3n) is 4.95. The van der Waals surface area contributed by atoms with Gasteiger partial charge in [-0.05, 0) is 30.2 Å². The summed E-state index contributed by atoms with van der Waals surface area (Å²) < 4.78 is 7.37. The molecule has 0 spiro atoms.